The average molecular weight is 396 g/mol. The average Bonchev–Trinajstić information content (AvgIpc) is 2.71. The summed E-state index contributed by atoms with van der Waals surface area (Å²) in [4.78, 5) is 11.4. The molecule has 29 heavy (non-hydrogen) atoms. The van der Waals surface area contributed by atoms with Crippen LogP contribution in [0, 0.1) is 0 Å². The molecular formula is C23H15F3O3. The SMILES string of the molecule is O=c1ccc2ccc(OCc3cccc(-c4ccc(C(F)(F)F)cc4)c3)cc2o1. The van der Waals surface area contributed by atoms with Crippen molar-refractivity contribution in [3.05, 3.63) is 100 Å². The van der Waals surface area contributed by atoms with E-state index in [1.807, 2.05) is 24.3 Å². The zero-order valence-electron chi connectivity index (χ0n) is 15.1. The van der Waals surface area contributed by atoms with E-state index in [9.17, 15) is 18.0 Å². The molecule has 0 aliphatic carbocycles. The van der Waals surface area contributed by atoms with E-state index in [4.69, 9.17) is 9.15 Å². The van der Waals surface area contributed by atoms with E-state index in [2.05, 4.69) is 0 Å². The number of fused-ring (bicyclic) bond motifs is 1. The fourth-order valence-electron chi connectivity index (χ4n) is 2.99. The van der Waals surface area contributed by atoms with Crippen LogP contribution < -0.4 is 10.4 Å². The fraction of sp³-hybridized carbons (Fsp3) is 0.0870. The summed E-state index contributed by atoms with van der Waals surface area (Å²) < 4.78 is 49.1. The number of rotatable bonds is 4. The van der Waals surface area contributed by atoms with Crippen molar-refractivity contribution in [1.29, 1.82) is 0 Å². The van der Waals surface area contributed by atoms with Crippen LogP contribution in [0.5, 0.6) is 5.75 Å². The Hall–Kier alpha value is -3.54. The van der Waals surface area contributed by atoms with Crippen LogP contribution in [-0.4, -0.2) is 0 Å². The van der Waals surface area contributed by atoms with Gasteiger partial charge >= 0.3 is 11.8 Å². The van der Waals surface area contributed by atoms with Crippen LogP contribution in [0.25, 0.3) is 22.1 Å². The van der Waals surface area contributed by atoms with Gasteiger partial charge in [0, 0.05) is 17.5 Å². The maximum atomic E-state index is 12.7. The lowest BCUT2D eigenvalue weighted by atomic mass is 10.0. The Balaban J connectivity index is 1.51. The zero-order chi connectivity index (χ0) is 20.4. The number of benzene rings is 3. The van der Waals surface area contributed by atoms with Gasteiger partial charge in [0.05, 0.1) is 5.56 Å². The van der Waals surface area contributed by atoms with Gasteiger partial charge in [-0.25, -0.2) is 4.79 Å². The van der Waals surface area contributed by atoms with Crippen LogP contribution in [0.2, 0.25) is 0 Å². The van der Waals surface area contributed by atoms with Gasteiger partial charge in [0.1, 0.15) is 17.9 Å². The molecule has 0 saturated heterocycles. The van der Waals surface area contributed by atoms with Gasteiger partial charge in [0.25, 0.3) is 0 Å². The van der Waals surface area contributed by atoms with E-state index < -0.39 is 17.4 Å². The molecule has 4 rings (SSSR count). The van der Waals surface area contributed by atoms with E-state index in [1.165, 1.54) is 18.2 Å². The summed E-state index contributed by atoms with van der Waals surface area (Å²) in [5.41, 5.74) is 1.67. The van der Waals surface area contributed by atoms with Crippen molar-refractivity contribution in [2.24, 2.45) is 0 Å². The lowest BCUT2D eigenvalue weighted by molar-refractivity contribution is -0.137. The van der Waals surface area contributed by atoms with E-state index in [0.29, 0.717) is 16.9 Å². The predicted molar refractivity (Wildman–Crippen MR) is 104 cm³/mol. The van der Waals surface area contributed by atoms with Gasteiger partial charge in [-0.2, -0.15) is 13.2 Å². The Kier molecular flexibility index (Phi) is 4.84. The Labute approximate surface area is 164 Å². The van der Waals surface area contributed by atoms with Gasteiger partial charge in [-0.1, -0.05) is 30.3 Å². The van der Waals surface area contributed by atoms with Crippen LogP contribution in [0.15, 0.2) is 88.1 Å². The molecule has 0 N–H and O–H groups in total. The quantitative estimate of drug-likeness (QED) is 0.394. The molecule has 0 spiro atoms. The van der Waals surface area contributed by atoms with E-state index in [-0.39, 0.29) is 6.61 Å². The number of alkyl halides is 3. The lowest BCUT2D eigenvalue weighted by Gasteiger charge is -2.10. The topological polar surface area (TPSA) is 39.4 Å². The highest BCUT2D eigenvalue weighted by molar-refractivity contribution is 5.77. The third kappa shape index (κ3) is 4.32. The molecule has 0 radical (unpaired) electrons. The fourth-order valence-corrected chi connectivity index (χ4v) is 2.99. The molecule has 4 aromatic rings. The number of hydrogen-bond acceptors (Lipinski definition) is 3. The van der Waals surface area contributed by atoms with Crippen LogP contribution in [0.1, 0.15) is 11.1 Å². The number of halogens is 3. The zero-order valence-corrected chi connectivity index (χ0v) is 15.1. The standard InChI is InChI=1S/C23H15F3O3/c24-23(25,26)19-8-4-16(5-9-19)18-3-1-2-15(12-18)14-28-20-10-6-17-7-11-22(27)29-21(17)13-20/h1-13H,14H2. The maximum Gasteiger partial charge on any atom is 0.416 e. The molecule has 3 nitrogen and oxygen atoms in total. The van der Waals surface area contributed by atoms with Crippen LogP contribution in [-0.2, 0) is 12.8 Å². The Bertz CT molecular complexity index is 1210. The minimum atomic E-state index is -4.35. The van der Waals surface area contributed by atoms with Gasteiger partial charge in [0.15, 0.2) is 0 Å². The molecule has 0 saturated carbocycles. The minimum absolute atomic E-state index is 0.261. The first-order valence-corrected chi connectivity index (χ1v) is 8.82. The Morgan fingerprint density at radius 2 is 1.59 bits per heavy atom. The minimum Gasteiger partial charge on any atom is -0.489 e. The molecule has 0 unspecified atom stereocenters. The number of ether oxygens (including phenoxy) is 1. The highest BCUT2D eigenvalue weighted by Crippen LogP contribution is 2.31. The van der Waals surface area contributed by atoms with Crippen molar-refractivity contribution >= 4 is 11.0 Å². The summed E-state index contributed by atoms with van der Waals surface area (Å²) in [5, 5.41) is 0.793. The molecule has 6 heteroatoms. The molecular weight excluding hydrogens is 381 g/mol. The van der Waals surface area contributed by atoms with E-state index in [1.54, 1.807) is 24.3 Å². The largest absolute Gasteiger partial charge is 0.489 e. The summed E-state index contributed by atoms with van der Waals surface area (Å²) in [7, 11) is 0. The first-order chi connectivity index (χ1) is 13.9. The van der Waals surface area contributed by atoms with Gasteiger partial charge in [-0.05, 0) is 53.1 Å². The Morgan fingerprint density at radius 1 is 0.828 bits per heavy atom. The monoisotopic (exact) mass is 396 g/mol. The van der Waals surface area contributed by atoms with E-state index >= 15 is 0 Å². The van der Waals surface area contributed by atoms with Crippen LogP contribution >= 0.6 is 0 Å². The van der Waals surface area contributed by atoms with Crippen molar-refractivity contribution in [3.8, 4) is 16.9 Å². The van der Waals surface area contributed by atoms with Crippen molar-refractivity contribution in [2.75, 3.05) is 0 Å². The molecule has 0 aliphatic rings. The summed E-state index contributed by atoms with van der Waals surface area (Å²) in [6.07, 6.45) is -4.35. The van der Waals surface area contributed by atoms with Gasteiger partial charge < -0.3 is 9.15 Å². The molecule has 1 aromatic heterocycles. The van der Waals surface area contributed by atoms with Crippen molar-refractivity contribution in [1.82, 2.24) is 0 Å². The van der Waals surface area contributed by atoms with Gasteiger partial charge in [0.2, 0.25) is 0 Å². The second-order valence-electron chi connectivity index (χ2n) is 6.52. The number of hydrogen-bond donors (Lipinski definition) is 0. The maximum absolute atomic E-state index is 12.7. The van der Waals surface area contributed by atoms with Crippen molar-refractivity contribution < 1.29 is 22.3 Å². The molecule has 0 aliphatic heterocycles. The second-order valence-corrected chi connectivity index (χ2v) is 6.52. The van der Waals surface area contributed by atoms with Crippen molar-refractivity contribution in [3.63, 3.8) is 0 Å². The predicted octanol–water partition coefficient (Wildman–Crippen LogP) is 6.06. The molecule has 1 heterocycles. The normalized spacial score (nSPS) is 11.6. The highest BCUT2D eigenvalue weighted by Gasteiger charge is 2.29. The van der Waals surface area contributed by atoms with Gasteiger partial charge in [-0.3, -0.25) is 0 Å². The Morgan fingerprint density at radius 3 is 2.34 bits per heavy atom. The van der Waals surface area contributed by atoms with Crippen LogP contribution in [0.3, 0.4) is 0 Å². The second kappa shape index (κ2) is 7.47. The summed E-state index contributed by atoms with van der Waals surface area (Å²) in [6.45, 7) is 0.261. The molecule has 0 amide bonds. The van der Waals surface area contributed by atoms with Crippen LogP contribution in [0.4, 0.5) is 13.2 Å². The first kappa shape index (κ1) is 18.8. The molecule has 0 atom stereocenters. The third-order valence-corrected chi connectivity index (χ3v) is 4.47. The molecule has 0 bridgehead atoms. The highest BCUT2D eigenvalue weighted by atomic mass is 19.4. The first-order valence-electron chi connectivity index (χ1n) is 8.82. The summed E-state index contributed by atoms with van der Waals surface area (Å²) in [5.74, 6) is 0.548. The van der Waals surface area contributed by atoms with Gasteiger partial charge in [-0.15, -0.1) is 0 Å². The summed E-state index contributed by atoms with van der Waals surface area (Å²) >= 11 is 0. The molecule has 0 fully saturated rings. The molecule has 146 valence electrons. The third-order valence-electron chi connectivity index (χ3n) is 4.47. The summed E-state index contributed by atoms with van der Waals surface area (Å²) in [6, 6.07) is 20.7. The molecule has 3 aromatic carbocycles. The van der Waals surface area contributed by atoms with Crippen molar-refractivity contribution in [2.45, 2.75) is 12.8 Å². The smallest absolute Gasteiger partial charge is 0.416 e. The lowest BCUT2D eigenvalue weighted by Crippen LogP contribution is -2.04. The van der Waals surface area contributed by atoms with E-state index in [0.717, 1.165) is 28.6 Å².